The summed E-state index contributed by atoms with van der Waals surface area (Å²) in [5.74, 6) is -0.519. The number of aromatic nitrogens is 1. The molecule has 2 aliphatic rings. The number of nitrogens with one attached hydrogen (secondary N) is 3. The maximum atomic E-state index is 14.9. The molecule has 0 spiro atoms. The number of aryl methyl sites for hydroxylation is 1. The zero-order chi connectivity index (χ0) is 29.8. The summed E-state index contributed by atoms with van der Waals surface area (Å²) in [4.78, 5) is 40.8. The van der Waals surface area contributed by atoms with E-state index in [0.717, 1.165) is 35.8 Å². The number of aliphatic hydroxyl groups is 1. The van der Waals surface area contributed by atoms with Gasteiger partial charge in [-0.25, -0.2) is 9.18 Å². The molecule has 1 unspecified atom stereocenters. The molecular weight excluding hydrogens is 563 g/mol. The standard InChI is InChI=1S/C30H35FN4O6S/c1-3-40-29(38)27-17(2)33-24-6-5-21(14-22(24)27)41-16-20(36)15-32-19-8-10-35(11-9-19)25-7-4-18(12-23(25)31)13-26-28(37)34-30(39)42-26/h4-7,12,14,19-20,26,32-33,36H,3,8-11,13,15-16H2,1-2H3,(H,34,37,39)/t20-,26?/m0/s1. The van der Waals surface area contributed by atoms with E-state index >= 15 is 0 Å². The molecule has 2 amide bonds. The largest absolute Gasteiger partial charge is 0.491 e. The number of anilines is 1. The number of esters is 1. The molecule has 3 heterocycles. The zero-order valence-electron chi connectivity index (χ0n) is 23.6. The van der Waals surface area contributed by atoms with Crippen LogP contribution in [0.5, 0.6) is 5.75 Å². The van der Waals surface area contributed by atoms with Gasteiger partial charge in [-0.05, 0) is 69.0 Å². The normalized spacial score (nSPS) is 18.4. The van der Waals surface area contributed by atoms with Gasteiger partial charge >= 0.3 is 5.97 Å². The number of aliphatic hydroxyl groups excluding tert-OH is 1. The first-order valence-corrected chi connectivity index (χ1v) is 15.0. The van der Waals surface area contributed by atoms with Crippen LogP contribution in [-0.2, 0) is 16.0 Å². The number of fused-ring (bicyclic) bond motifs is 1. The number of hydrogen-bond acceptors (Lipinski definition) is 9. The van der Waals surface area contributed by atoms with Crippen molar-refractivity contribution in [3.63, 3.8) is 0 Å². The first kappa shape index (κ1) is 29.9. The summed E-state index contributed by atoms with van der Waals surface area (Å²) in [6, 6.07) is 10.6. The van der Waals surface area contributed by atoms with Gasteiger partial charge in [0.05, 0.1) is 23.1 Å². The molecule has 10 nitrogen and oxygen atoms in total. The average Bonchev–Trinajstić information content (AvgIpc) is 3.47. The number of imide groups is 1. The number of hydrogen-bond donors (Lipinski definition) is 4. The lowest BCUT2D eigenvalue weighted by Gasteiger charge is -2.34. The third-order valence-electron chi connectivity index (χ3n) is 7.56. The van der Waals surface area contributed by atoms with Crippen molar-refractivity contribution >= 4 is 45.5 Å². The van der Waals surface area contributed by atoms with Gasteiger partial charge in [-0.15, -0.1) is 0 Å². The summed E-state index contributed by atoms with van der Waals surface area (Å²) < 4.78 is 25.9. The van der Waals surface area contributed by atoms with Crippen molar-refractivity contribution in [1.29, 1.82) is 0 Å². The van der Waals surface area contributed by atoms with E-state index in [1.54, 1.807) is 25.1 Å². The van der Waals surface area contributed by atoms with Crippen LogP contribution in [0.1, 0.15) is 41.4 Å². The number of rotatable bonds is 11. The molecule has 12 heteroatoms. The highest BCUT2D eigenvalue weighted by atomic mass is 32.2. The van der Waals surface area contributed by atoms with Crippen molar-refractivity contribution in [3.05, 3.63) is 59.0 Å². The van der Waals surface area contributed by atoms with Crippen molar-refractivity contribution in [2.45, 2.75) is 50.5 Å². The number of benzene rings is 2. The Kier molecular flexibility index (Phi) is 9.34. The molecule has 3 aromatic rings. The van der Waals surface area contributed by atoms with Gasteiger partial charge in [-0.1, -0.05) is 17.8 Å². The van der Waals surface area contributed by atoms with Crippen molar-refractivity contribution in [2.24, 2.45) is 0 Å². The minimum absolute atomic E-state index is 0.0856. The van der Waals surface area contributed by atoms with Crippen LogP contribution in [0, 0.1) is 12.7 Å². The lowest BCUT2D eigenvalue weighted by molar-refractivity contribution is -0.118. The molecule has 224 valence electrons. The number of aromatic amines is 1. The summed E-state index contributed by atoms with van der Waals surface area (Å²) in [6.45, 7) is 5.63. The molecule has 2 aromatic carbocycles. The molecule has 2 fully saturated rings. The number of piperidine rings is 1. The molecule has 42 heavy (non-hydrogen) atoms. The first-order chi connectivity index (χ1) is 20.2. The van der Waals surface area contributed by atoms with Gasteiger partial charge in [0.1, 0.15) is 24.3 Å². The summed E-state index contributed by atoms with van der Waals surface area (Å²) in [5, 5.41) is 16.0. The smallest absolute Gasteiger partial charge is 0.340 e. The highest BCUT2D eigenvalue weighted by Crippen LogP contribution is 2.29. The number of carbonyl (C=O) groups excluding carboxylic acids is 3. The van der Waals surface area contributed by atoms with E-state index in [-0.39, 0.29) is 42.2 Å². The lowest BCUT2D eigenvalue weighted by atomic mass is 10.0. The van der Waals surface area contributed by atoms with Crippen LogP contribution < -0.4 is 20.3 Å². The topological polar surface area (TPSA) is 133 Å². The van der Waals surface area contributed by atoms with Gasteiger partial charge in [0.25, 0.3) is 5.24 Å². The number of carbonyl (C=O) groups is 3. The third kappa shape index (κ3) is 6.88. The number of H-pyrrole nitrogens is 1. The maximum absolute atomic E-state index is 14.9. The minimum atomic E-state index is -0.739. The monoisotopic (exact) mass is 598 g/mol. The number of amides is 2. The second kappa shape index (κ2) is 13.1. The fourth-order valence-electron chi connectivity index (χ4n) is 5.42. The Morgan fingerprint density at radius 2 is 2.00 bits per heavy atom. The predicted octanol–water partition coefficient (Wildman–Crippen LogP) is 3.68. The zero-order valence-corrected chi connectivity index (χ0v) is 24.4. The number of nitrogens with zero attached hydrogens (tertiary/aromatic N) is 1. The van der Waals surface area contributed by atoms with Crippen LogP contribution in [0.2, 0.25) is 0 Å². The first-order valence-electron chi connectivity index (χ1n) is 14.1. The van der Waals surface area contributed by atoms with Crippen LogP contribution in [-0.4, -0.2) is 77.4 Å². The van der Waals surface area contributed by atoms with Gasteiger partial charge in [0.2, 0.25) is 5.91 Å². The van der Waals surface area contributed by atoms with Crippen LogP contribution in [0.3, 0.4) is 0 Å². The molecule has 1 aromatic heterocycles. The van der Waals surface area contributed by atoms with Crippen LogP contribution in [0.25, 0.3) is 10.9 Å². The van der Waals surface area contributed by atoms with Gasteiger partial charge < -0.3 is 29.8 Å². The van der Waals surface area contributed by atoms with Gasteiger partial charge in [-0.3, -0.25) is 14.9 Å². The van der Waals surface area contributed by atoms with Gasteiger partial charge in [-0.2, -0.15) is 0 Å². The second-order valence-corrected chi connectivity index (χ2v) is 11.7. The molecule has 2 aliphatic heterocycles. The highest BCUT2D eigenvalue weighted by molar-refractivity contribution is 8.15. The van der Waals surface area contributed by atoms with Crippen LogP contribution in [0.4, 0.5) is 14.9 Å². The average molecular weight is 599 g/mol. The minimum Gasteiger partial charge on any atom is -0.491 e. The van der Waals surface area contributed by atoms with E-state index in [1.807, 2.05) is 24.0 Å². The molecule has 0 radical (unpaired) electrons. The lowest BCUT2D eigenvalue weighted by Crippen LogP contribution is -2.45. The molecule has 0 aliphatic carbocycles. The Balaban J connectivity index is 1.07. The molecular formula is C30H35FN4O6S. The summed E-state index contributed by atoms with van der Waals surface area (Å²) in [7, 11) is 0. The maximum Gasteiger partial charge on any atom is 0.340 e. The van der Waals surface area contributed by atoms with Gasteiger partial charge in [0.15, 0.2) is 0 Å². The SMILES string of the molecule is CCOC(=O)c1c(C)[nH]c2ccc(OC[C@@H](O)CNC3CCN(c4ccc(CC5SC(=O)NC5=O)cc4F)CC3)cc12. The number of thioether (sulfide) groups is 1. The Labute approximate surface area is 247 Å². The highest BCUT2D eigenvalue weighted by Gasteiger charge is 2.32. The summed E-state index contributed by atoms with van der Waals surface area (Å²) in [6.07, 6.45) is 1.13. The Morgan fingerprint density at radius 1 is 1.21 bits per heavy atom. The quantitative estimate of drug-likeness (QED) is 0.244. The fraction of sp³-hybridized carbons (Fsp3) is 0.433. The molecule has 2 saturated heterocycles. The molecule has 4 N–H and O–H groups in total. The molecule has 0 bridgehead atoms. The van der Waals surface area contributed by atoms with Crippen molar-refractivity contribution in [1.82, 2.24) is 15.6 Å². The van der Waals surface area contributed by atoms with Crippen LogP contribution >= 0.6 is 11.8 Å². The second-order valence-electron chi connectivity index (χ2n) is 10.6. The van der Waals surface area contributed by atoms with E-state index in [2.05, 4.69) is 15.6 Å². The molecule has 5 rings (SSSR count). The molecule has 2 atom stereocenters. The Hall–Kier alpha value is -3.61. The van der Waals surface area contributed by atoms with E-state index in [4.69, 9.17) is 9.47 Å². The summed E-state index contributed by atoms with van der Waals surface area (Å²) in [5.41, 5.74) is 3.21. The Morgan fingerprint density at radius 3 is 2.69 bits per heavy atom. The van der Waals surface area contributed by atoms with E-state index < -0.39 is 11.4 Å². The molecule has 0 saturated carbocycles. The third-order valence-corrected chi connectivity index (χ3v) is 8.54. The fourth-order valence-corrected chi connectivity index (χ4v) is 6.28. The van der Waals surface area contributed by atoms with E-state index in [0.29, 0.717) is 54.0 Å². The van der Waals surface area contributed by atoms with E-state index in [9.17, 15) is 23.9 Å². The number of halogens is 1. The van der Waals surface area contributed by atoms with E-state index in [1.165, 1.54) is 6.07 Å². The van der Waals surface area contributed by atoms with Crippen LogP contribution in [0.15, 0.2) is 36.4 Å². The van der Waals surface area contributed by atoms with Gasteiger partial charge in [0, 0.05) is 42.3 Å². The van der Waals surface area contributed by atoms with Crippen molar-refractivity contribution in [2.75, 3.05) is 37.7 Å². The van der Waals surface area contributed by atoms with Crippen molar-refractivity contribution in [3.8, 4) is 5.75 Å². The number of ether oxygens (including phenoxy) is 2. The Bertz CT molecular complexity index is 1470. The predicted molar refractivity (Wildman–Crippen MR) is 159 cm³/mol. The summed E-state index contributed by atoms with van der Waals surface area (Å²) >= 11 is 0.937. The van der Waals surface area contributed by atoms with Crippen molar-refractivity contribution < 1.29 is 33.4 Å².